The van der Waals surface area contributed by atoms with E-state index in [1.807, 2.05) is 20.8 Å². The van der Waals surface area contributed by atoms with E-state index < -0.39 is 0 Å². The van der Waals surface area contributed by atoms with E-state index in [0.717, 1.165) is 19.4 Å². The molecule has 5 heteroatoms. The molecule has 0 aromatic carbocycles. The van der Waals surface area contributed by atoms with Crippen molar-refractivity contribution in [3.8, 4) is 0 Å². The number of hydrogen-bond donors (Lipinski definition) is 2. The van der Waals surface area contributed by atoms with E-state index in [-0.39, 0.29) is 30.4 Å². The van der Waals surface area contributed by atoms with E-state index in [1.54, 1.807) is 4.90 Å². The molecule has 5 nitrogen and oxygen atoms in total. The lowest BCUT2D eigenvalue weighted by Crippen LogP contribution is -2.47. The van der Waals surface area contributed by atoms with Gasteiger partial charge in [-0.25, -0.2) is 0 Å². The van der Waals surface area contributed by atoms with Crippen molar-refractivity contribution < 1.29 is 9.59 Å². The maximum atomic E-state index is 11.9. The van der Waals surface area contributed by atoms with E-state index in [2.05, 4.69) is 10.6 Å². The summed E-state index contributed by atoms with van der Waals surface area (Å²) in [5.74, 6) is -0.0522. The second-order valence-corrected chi connectivity index (χ2v) is 4.67. The molecule has 0 aromatic heterocycles. The van der Waals surface area contributed by atoms with E-state index in [1.165, 1.54) is 0 Å². The molecule has 2 amide bonds. The molecule has 0 radical (unpaired) electrons. The molecule has 98 valence electrons. The summed E-state index contributed by atoms with van der Waals surface area (Å²) in [6.45, 7) is 7.49. The molecule has 1 aliphatic heterocycles. The van der Waals surface area contributed by atoms with Crippen molar-refractivity contribution in [2.45, 2.75) is 45.7 Å². The van der Waals surface area contributed by atoms with Crippen LogP contribution in [-0.4, -0.2) is 48.4 Å². The molecule has 2 atom stereocenters. The van der Waals surface area contributed by atoms with Crippen LogP contribution >= 0.6 is 0 Å². The van der Waals surface area contributed by atoms with Crippen LogP contribution in [0.3, 0.4) is 0 Å². The second kappa shape index (κ2) is 6.59. The lowest BCUT2D eigenvalue weighted by atomic mass is 10.2. The van der Waals surface area contributed by atoms with Gasteiger partial charge in [-0.2, -0.15) is 0 Å². The van der Waals surface area contributed by atoms with Crippen molar-refractivity contribution in [2.75, 3.05) is 19.6 Å². The lowest BCUT2D eigenvalue weighted by Gasteiger charge is -2.23. The fourth-order valence-corrected chi connectivity index (χ4v) is 1.81. The summed E-state index contributed by atoms with van der Waals surface area (Å²) in [4.78, 5) is 25.3. The van der Waals surface area contributed by atoms with Crippen molar-refractivity contribution in [3.05, 3.63) is 0 Å². The molecule has 1 heterocycles. The molecule has 1 fully saturated rings. The highest BCUT2D eigenvalue weighted by Crippen LogP contribution is 2.02. The molecule has 0 aromatic rings. The minimum Gasteiger partial charge on any atom is -0.352 e. The molecule has 0 spiro atoms. The van der Waals surface area contributed by atoms with Crippen molar-refractivity contribution in [1.82, 2.24) is 15.5 Å². The highest BCUT2D eigenvalue weighted by atomic mass is 16.2. The molecule has 0 bridgehead atoms. The zero-order valence-electron chi connectivity index (χ0n) is 11.0. The molecule has 1 rings (SSSR count). The summed E-state index contributed by atoms with van der Waals surface area (Å²) in [5, 5.41) is 6.01. The number of carbonyl (C=O) groups excluding carboxylic acids is 2. The van der Waals surface area contributed by atoms with Gasteiger partial charge in [-0.05, 0) is 33.2 Å². The van der Waals surface area contributed by atoms with Crippen LogP contribution in [0.25, 0.3) is 0 Å². The molecule has 1 saturated heterocycles. The first kappa shape index (κ1) is 14.0. The quantitative estimate of drug-likeness (QED) is 0.734. The van der Waals surface area contributed by atoms with Crippen LogP contribution in [-0.2, 0) is 9.59 Å². The van der Waals surface area contributed by atoms with E-state index in [9.17, 15) is 9.59 Å². The largest absolute Gasteiger partial charge is 0.352 e. The molecular formula is C12H23N3O2. The zero-order valence-corrected chi connectivity index (χ0v) is 11.0. The Morgan fingerprint density at radius 2 is 2.35 bits per heavy atom. The van der Waals surface area contributed by atoms with Gasteiger partial charge in [0.25, 0.3) is 0 Å². The number of nitrogens with zero attached hydrogens (tertiary/aromatic N) is 1. The van der Waals surface area contributed by atoms with E-state index in [4.69, 9.17) is 0 Å². The van der Waals surface area contributed by atoms with Gasteiger partial charge in [-0.1, -0.05) is 6.92 Å². The second-order valence-electron chi connectivity index (χ2n) is 4.67. The predicted octanol–water partition coefficient (Wildman–Crippen LogP) is 0.112. The average Bonchev–Trinajstić information content (AvgIpc) is 2.44. The minimum atomic E-state index is -0.186. The lowest BCUT2D eigenvalue weighted by molar-refractivity contribution is -0.136. The van der Waals surface area contributed by atoms with E-state index >= 15 is 0 Å². The van der Waals surface area contributed by atoms with Crippen LogP contribution in [0.1, 0.15) is 33.6 Å². The summed E-state index contributed by atoms with van der Waals surface area (Å²) >= 11 is 0. The number of rotatable bonds is 4. The van der Waals surface area contributed by atoms with Gasteiger partial charge < -0.3 is 15.5 Å². The van der Waals surface area contributed by atoms with Gasteiger partial charge in [0, 0.05) is 12.6 Å². The Balaban J connectivity index is 2.48. The Kier molecular flexibility index (Phi) is 5.41. The fourth-order valence-electron chi connectivity index (χ4n) is 1.81. The third-order valence-electron chi connectivity index (χ3n) is 3.09. The Bertz CT molecular complexity index is 281. The maximum absolute atomic E-state index is 11.9. The normalized spacial score (nSPS) is 23.1. The molecule has 2 unspecified atom stereocenters. The molecule has 2 N–H and O–H groups in total. The Morgan fingerprint density at radius 1 is 1.65 bits per heavy atom. The summed E-state index contributed by atoms with van der Waals surface area (Å²) in [5.41, 5.74) is 0. The fraction of sp³-hybridized carbons (Fsp3) is 0.833. The highest BCUT2D eigenvalue weighted by Gasteiger charge is 2.24. The molecule has 0 saturated carbocycles. The number of hydrogen-bond acceptors (Lipinski definition) is 3. The van der Waals surface area contributed by atoms with Crippen LogP contribution < -0.4 is 10.6 Å². The van der Waals surface area contributed by atoms with Crippen LogP contribution in [0.15, 0.2) is 0 Å². The summed E-state index contributed by atoms with van der Waals surface area (Å²) in [6.07, 6.45) is 1.80. The molecular weight excluding hydrogens is 218 g/mol. The topological polar surface area (TPSA) is 61.4 Å². The number of amides is 2. The first-order valence-electron chi connectivity index (χ1n) is 6.36. The van der Waals surface area contributed by atoms with Crippen molar-refractivity contribution in [3.63, 3.8) is 0 Å². The Labute approximate surface area is 103 Å². The molecule has 17 heavy (non-hydrogen) atoms. The van der Waals surface area contributed by atoms with Crippen LogP contribution in [0.5, 0.6) is 0 Å². The standard InChI is InChI=1S/C12H23N3O2/c1-4-9(2)14-11(16)8-15-7-5-6-13-10(3)12(15)17/h9-10,13H,4-8H2,1-3H3,(H,14,16). The Hall–Kier alpha value is -1.10. The third-order valence-corrected chi connectivity index (χ3v) is 3.09. The minimum absolute atomic E-state index is 0.0156. The number of carbonyl (C=O) groups is 2. The van der Waals surface area contributed by atoms with Crippen molar-refractivity contribution in [2.24, 2.45) is 0 Å². The smallest absolute Gasteiger partial charge is 0.239 e. The predicted molar refractivity (Wildman–Crippen MR) is 66.6 cm³/mol. The maximum Gasteiger partial charge on any atom is 0.239 e. The summed E-state index contributed by atoms with van der Waals surface area (Å²) < 4.78 is 0. The Morgan fingerprint density at radius 3 is 3.00 bits per heavy atom. The molecule has 0 aliphatic carbocycles. The van der Waals surface area contributed by atoms with Gasteiger partial charge in [0.15, 0.2) is 0 Å². The zero-order chi connectivity index (χ0) is 12.8. The van der Waals surface area contributed by atoms with Gasteiger partial charge in [0.2, 0.25) is 11.8 Å². The van der Waals surface area contributed by atoms with Crippen molar-refractivity contribution >= 4 is 11.8 Å². The SMILES string of the molecule is CCC(C)NC(=O)CN1CCCNC(C)C1=O. The van der Waals surface area contributed by atoms with Crippen LogP contribution in [0.4, 0.5) is 0 Å². The highest BCUT2D eigenvalue weighted by molar-refractivity contribution is 5.87. The number of nitrogens with one attached hydrogen (secondary N) is 2. The first-order valence-corrected chi connectivity index (χ1v) is 6.36. The summed E-state index contributed by atoms with van der Waals surface area (Å²) in [7, 11) is 0. The van der Waals surface area contributed by atoms with Gasteiger partial charge in [-0.3, -0.25) is 9.59 Å². The summed E-state index contributed by atoms with van der Waals surface area (Å²) in [6, 6.07) is -0.0194. The van der Waals surface area contributed by atoms with E-state index in [0.29, 0.717) is 6.54 Å². The average molecular weight is 241 g/mol. The van der Waals surface area contributed by atoms with Gasteiger partial charge >= 0.3 is 0 Å². The monoisotopic (exact) mass is 241 g/mol. The van der Waals surface area contributed by atoms with Gasteiger partial charge in [-0.15, -0.1) is 0 Å². The van der Waals surface area contributed by atoms with Crippen LogP contribution in [0, 0.1) is 0 Å². The third kappa shape index (κ3) is 4.34. The van der Waals surface area contributed by atoms with Gasteiger partial charge in [0.1, 0.15) is 0 Å². The van der Waals surface area contributed by atoms with Gasteiger partial charge in [0.05, 0.1) is 12.6 Å². The van der Waals surface area contributed by atoms with Crippen LogP contribution in [0.2, 0.25) is 0 Å². The first-order chi connectivity index (χ1) is 8.04. The molecule has 1 aliphatic rings. The van der Waals surface area contributed by atoms with Crippen molar-refractivity contribution in [1.29, 1.82) is 0 Å².